The maximum Gasteiger partial charge on any atom is 0.421 e. The first-order chi connectivity index (χ1) is 31.3. The highest BCUT2D eigenvalue weighted by Gasteiger charge is 2.40. The maximum absolute atomic E-state index is 13.7. The zero-order chi connectivity index (χ0) is 44.9. The first-order valence-corrected chi connectivity index (χ1v) is 20.9. The number of hydrogen-bond donors (Lipinski definition) is 5. The number of carbonyl (C=O) groups excluding carboxylic acids is 1. The Bertz CT molecular complexity index is 3160. The van der Waals surface area contributed by atoms with E-state index in [1.807, 2.05) is 72.8 Å². The van der Waals surface area contributed by atoms with Crippen molar-refractivity contribution in [2.75, 3.05) is 16.0 Å². The van der Waals surface area contributed by atoms with E-state index in [4.69, 9.17) is 0 Å². The molecule has 10 nitrogen and oxygen atoms in total. The van der Waals surface area contributed by atoms with E-state index in [0.717, 1.165) is 93.1 Å². The van der Waals surface area contributed by atoms with Crippen molar-refractivity contribution in [3.8, 4) is 11.1 Å². The number of halogens is 6. The van der Waals surface area contributed by atoms with Gasteiger partial charge in [0.05, 0.1) is 11.4 Å². The van der Waals surface area contributed by atoms with Crippen LogP contribution >= 0.6 is 0 Å². The number of fused-ring (bicyclic) bond motifs is 2. The number of carbonyl (C=O) groups is 1. The number of aromatic nitrogens is 2. The second kappa shape index (κ2) is 16.4. The number of aliphatic imine (C=N–C) groups is 2. The fraction of sp³-hybridized carbons (Fsp3) is 0.163. The summed E-state index contributed by atoms with van der Waals surface area (Å²) in [6.45, 7) is 0. The number of rotatable bonds is 4. The summed E-state index contributed by atoms with van der Waals surface area (Å²) < 4.78 is 82.2. The summed E-state index contributed by atoms with van der Waals surface area (Å²) in [5.74, 6) is -0.402. The van der Waals surface area contributed by atoms with E-state index in [1.165, 1.54) is 0 Å². The van der Waals surface area contributed by atoms with Crippen molar-refractivity contribution in [2.24, 2.45) is 9.98 Å². The van der Waals surface area contributed by atoms with Gasteiger partial charge in [0, 0.05) is 46.7 Å². The molecule has 65 heavy (non-hydrogen) atoms. The van der Waals surface area contributed by atoms with Crippen LogP contribution in [0.5, 0.6) is 0 Å². The lowest BCUT2D eigenvalue weighted by atomic mass is 9.90. The Kier molecular flexibility index (Phi) is 10.4. The van der Waals surface area contributed by atoms with Crippen molar-refractivity contribution in [1.82, 2.24) is 20.6 Å². The molecule has 6 aliphatic heterocycles. The molecule has 14 rings (SSSR count). The molecule has 326 valence electrons. The zero-order valence-corrected chi connectivity index (χ0v) is 34.3. The van der Waals surface area contributed by atoms with E-state index in [9.17, 15) is 31.1 Å². The fourth-order valence-electron chi connectivity index (χ4n) is 8.48. The van der Waals surface area contributed by atoms with Gasteiger partial charge in [0.2, 0.25) is 17.8 Å². The number of guanidine groups is 1. The third kappa shape index (κ3) is 8.54. The van der Waals surface area contributed by atoms with Gasteiger partial charge in [-0.3, -0.25) is 4.79 Å². The van der Waals surface area contributed by atoms with E-state index < -0.39 is 23.5 Å². The van der Waals surface area contributed by atoms with Crippen molar-refractivity contribution >= 4 is 79.5 Å². The number of benzene rings is 6. The minimum absolute atomic E-state index is 0.0342. The number of nitrogens with one attached hydrogen (secondary N) is 5. The van der Waals surface area contributed by atoms with Crippen LogP contribution in [0.4, 0.5) is 66.5 Å². The summed E-state index contributed by atoms with van der Waals surface area (Å²) in [6, 6.07) is 34.1. The molecule has 5 N–H and O–H groups in total. The highest BCUT2D eigenvalue weighted by Crippen LogP contribution is 2.39. The number of amidine groups is 1. The minimum Gasteiger partial charge on any atom is -0.339 e. The number of aryl methyl sites for hydroxylation is 2. The molecule has 1 amide bonds. The summed E-state index contributed by atoms with van der Waals surface area (Å²) in [6.07, 6.45) is -2.67. The van der Waals surface area contributed by atoms with Gasteiger partial charge in [0.1, 0.15) is 22.8 Å². The van der Waals surface area contributed by atoms with Gasteiger partial charge in [-0.1, -0.05) is 60.7 Å². The normalized spacial score (nSPS) is 15.2. The standard InChI is InChI=1S/C25H15F3N4.C24H22F3N5O/c26-25(27,28)20-13-29-24-31-22-6-2-4-17-12-15(8-10-19(17)22)14-7-9-18-16(11-14)3-1-5-21(18)30-23(20)32-24;25-24(26,27)18-13-28-23(29-16-9-10-19-15(12-16)8-11-21(33)30-19)32-22(18)31-20-7-3-5-14-4-1-2-6-17(14)20/h1-13H,(H2,29,30,31,32);3,5,7,9-10,12-13H,1-2,4,6,8,11H2,(H,30,33)(H2,28,29,31,32). The molecule has 0 radical (unpaired) electrons. The quantitative estimate of drug-likeness (QED) is 0.111. The number of anilines is 5. The van der Waals surface area contributed by atoms with Gasteiger partial charge >= 0.3 is 12.4 Å². The SMILES string of the molecule is FC(F)(F)C1=CNC2=Nc3cccc4cc(ccc34)-c3ccc4c(cccc4c3)N=C1N2.O=C1CCc2cc(Nc3ncc(C(F)(F)F)c(Nc4cccc5c4CCCC5)n3)ccc2N1. The molecule has 0 unspecified atom stereocenters. The van der Waals surface area contributed by atoms with Gasteiger partial charge in [0.15, 0.2) is 0 Å². The van der Waals surface area contributed by atoms with Crippen LogP contribution in [0.2, 0.25) is 0 Å². The van der Waals surface area contributed by atoms with Gasteiger partial charge < -0.3 is 26.6 Å². The van der Waals surface area contributed by atoms with Gasteiger partial charge in [-0.15, -0.1) is 0 Å². The van der Waals surface area contributed by atoms with Crippen molar-refractivity contribution in [2.45, 2.75) is 50.9 Å². The van der Waals surface area contributed by atoms with Crippen molar-refractivity contribution < 1.29 is 31.1 Å². The highest BCUT2D eigenvalue weighted by atomic mass is 19.4. The number of nitrogens with zero attached hydrogens (tertiary/aromatic N) is 4. The van der Waals surface area contributed by atoms with Crippen molar-refractivity contribution in [3.05, 3.63) is 149 Å². The number of alkyl halides is 6. The monoisotopic (exact) mass is 881 g/mol. The molecule has 6 aromatic carbocycles. The summed E-state index contributed by atoms with van der Waals surface area (Å²) in [4.78, 5) is 28.6. The number of hydrogen-bond acceptors (Lipinski definition) is 9. The van der Waals surface area contributed by atoms with Crippen LogP contribution in [0.25, 0.3) is 32.7 Å². The Balaban J connectivity index is 0.000000153. The van der Waals surface area contributed by atoms with Crippen LogP contribution < -0.4 is 26.6 Å². The molecule has 7 heterocycles. The lowest BCUT2D eigenvalue weighted by Gasteiger charge is -2.22. The largest absolute Gasteiger partial charge is 0.421 e. The highest BCUT2D eigenvalue weighted by molar-refractivity contribution is 6.14. The van der Waals surface area contributed by atoms with Gasteiger partial charge in [0.25, 0.3) is 0 Å². The Morgan fingerprint density at radius 3 is 2.06 bits per heavy atom. The topological polar surface area (TPSA) is 128 Å². The molecule has 0 saturated carbocycles. The lowest BCUT2D eigenvalue weighted by molar-refractivity contribution is -0.137. The molecule has 1 aromatic heterocycles. The number of amides is 1. The Hall–Kier alpha value is -7.75. The van der Waals surface area contributed by atoms with Crippen LogP contribution in [0.3, 0.4) is 0 Å². The van der Waals surface area contributed by atoms with Gasteiger partial charge in [-0.25, -0.2) is 15.0 Å². The molecule has 0 fully saturated rings. The van der Waals surface area contributed by atoms with Crippen LogP contribution in [0.1, 0.15) is 41.5 Å². The molecule has 0 saturated heterocycles. The van der Waals surface area contributed by atoms with Crippen LogP contribution in [-0.2, 0) is 30.2 Å². The molecule has 0 atom stereocenters. The summed E-state index contributed by atoms with van der Waals surface area (Å²) in [5, 5.41) is 17.6. The third-order valence-electron chi connectivity index (χ3n) is 11.7. The fourth-order valence-corrected chi connectivity index (χ4v) is 8.48. The lowest BCUT2D eigenvalue weighted by Crippen LogP contribution is -2.47. The van der Waals surface area contributed by atoms with Crippen LogP contribution in [0, 0.1) is 0 Å². The van der Waals surface area contributed by atoms with Gasteiger partial charge in [-0.2, -0.15) is 31.3 Å². The molecule has 1 aliphatic carbocycles. The first kappa shape index (κ1) is 41.3. The molecule has 0 spiro atoms. The predicted octanol–water partition coefficient (Wildman–Crippen LogP) is 12.1. The van der Waals surface area contributed by atoms with Crippen molar-refractivity contribution in [3.63, 3.8) is 0 Å². The molecule has 10 bridgehead atoms. The van der Waals surface area contributed by atoms with Gasteiger partial charge in [-0.05, 0) is 119 Å². The van der Waals surface area contributed by atoms with E-state index in [2.05, 4.69) is 52.6 Å². The smallest absolute Gasteiger partial charge is 0.339 e. The average Bonchev–Trinajstić information content (AvgIpc) is 3.29. The van der Waals surface area contributed by atoms with E-state index in [-0.39, 0.29) is 29.5 Å². The first-order valence-electron chi connectivity index (χ1n) is 20.9. The predicted molar refractivity (Wildman–Crippen MR) is 242 cm³/mol. The van der Waals surface area contributed by atoms with E-state index in [0.29, 0.717) is 35.6 Å². The Morgan fingerprint density at radius 1 is 0.631 bits per heavy atom. The van der Waals surface area contributed by atoms with Crippen LogP contribution in [0.15, 0.2) is 137 Å². The molecular formula is C49H37F6N9O. The molecule has 7 aliphatic rings. The third-order valence-corrected chi connectivity index (χ3v) is 11.7. The second-order valence-electron chi connectivity index (χ2n) is 15.9. The summed E-state index contributed by atoms with van der Waals surface area (Å²) in [7, 11) is 0. The Morgan fingerprint density at radius 2 is 1.34 bits per heavy atom. The molecule has 16 heteroatoms. The zero-order valence-electron chi connectivity index (χ0n) is 34.3. The minimum atomic E-state index is -4.60. The summed E-state index contributed by atoms with van der Waals surface area (Å²) in [5.41, 5.74) is 6.50. The average molecular weight is 882 g/mol. The maximum atomic E-state index is 13.7. The summed E-state index contributed by atoms with van der Waals surface area (Å²) >= 11 is 0. The second-order valence-corrected chi connectivity index (χ2v) is 15.9. The molecule has 7 aromatic rings. The van der Waals surface area contributed by atoms with Crippen LogP contribution in [-0.4, -0.2) is 33.8 Å². The van der Waals surface area contributed by atoms with E-state index >= 15 is 0 Å². The van der Waals surface area contributed by atoms with E-state index in [1.54, 1.807) is 30.3 Å². The Labute approximate surface area is 367 Å². The van der Waals surface area contributed by atoms with Crippen molar-refractivity contribution in [1.29, 1.82) is 0 Å². The molecular weight excluding hydrogens is 845 g/mol.